The Bertz CT molecular complexity index is 549. The molecular formula is C11H9ClN2O2. The molecule has 1 heterocycles. The average molecular weight is 237 g/mol. The summed E-state index contributed by atoms with van der Waals surface area (Å²) in [6.45, 7) is 1.83. The van der Waals surface area contributed by atoms with Crippen LogP contribution in [0.4, 0.5) is 0 Å². The predicted octanol–water partition coefficient (Wildman–Crippen LogP) is 2.53. The first-order chi connectivity index (χ1) is 7.58. The lowest BCUT2D eigenvalue weighted by atomic mass is 10.2. The van der Waals surface area contributed by atoms with Gasteiger partial charge >= 0.3 is 5.97 Å². The highest BCUT2D eigenvalue weighted by Crippen LogP contribution is 2.19. The summed E-state index contributed by atoms with van der Waals surface area (Å²) in [6.07, 6.45) is 1.70. The van der Waals surface area contributed by atoms with E-state index in [1.165, 1.54) is 10.7 Å². The number of carboxylic acid groups (broad SMARTS) is 1. The summed E-state index contributed by atoms with van der Waals surface area (Å²) < 4.78 is 1.50. The topological polar surface area (TPSA) is 55.1 Å². The van der Waals surface area contributed by atoms with Crippen molar-refractivity contribution in [1.29, 1.82) is 0 Å². The molecule has 1 aromatic carbocycles. The van der Waals surface area contributed by atoms with Crippen LogP contribution >= 0.6 is 11.6 Å². The lowest BCUT2D eigenvalue weighted by Gasteiger charge is -2.06. The van der Waals surface area contributed by atoms with Gasteiger partial charge in [0.1, 0.15) is 0 Å². The van der Waals surface area contributed by atoms with Crippen molar-refractivity contribution in [2.75, 3.05) is 0 Å². The number of nitrogens with zero attached hydrogens (tertiary/aromatic N) is 2. The third-order valence-corrected chi connectivity index (χ3v) is 2.39. The van der Waals surface area contributed by atoms with Crippen LogP contribution in [-0.4, -0.2) is 20.9 Å². The summed E-state index contributed by atoms with van der Waals surface area (Å²) in [5.74, 6) is -1.00. The molecule has 82 valence electrons. The molecule has 0 saturated carbocycles. The van der Waals surface area contributed by atoms with Gasteiger partial charge in [-0.3, -0.25) is 0 Å². The van der Waals surface area contributed by atoms with Crippen molar-refractivity contribution < 1.29 is 9.90 Å². The number of hydrogen-bond acceptors (Lipinski definition) is 2. The molecule has 5 heteroatoms. The summed E-state index contributed by atoms with van der Waals surface area (Å²) in [5, 5.41) is 13.7. The van der Waals surface area contributed by atoms with Crippen LogP contribution in [0.5, 0.6) is 0 Å². The first-order valence-corrected chi connectivity index (χ1v) is 5.01. The molecule has 0 amide bonds. The van der Waals surface area contributed by atoms with Gasteiger partial charge in [-0.15, -0.1) is 0 Å². The maximum atomic E-state index is 11.0. The van der Waals surface area contributed by atoms with E-state index in [2.05, 4.69) is 5.10 Å². The van der Waals surface area contributed by atoms with Crippen LogP contribution < -0.4 is 0 Å². The van der Waals surface area contributed by atoms with Gasteiger partial charge in [0.2, 0.25) is 0 Å². The average Bonchev–Trinajstić information content (AvgIpc) is 2.64. The maximum absolute atomic E-state index is 11.0. The minimum Gasteiger partial charge on any atom is -0.478 e. The zero-order valence-corrected chi connectivity index (χ0v) is 9.27. The van der Waals surface area contributed by atoms with Gasteiger partial charge in [-0.1, -0.05) is 11.6 Å². The molecule has 0 aliphatic heterocycles. The number of benzene rings is 1. The van der Waals surface area contributed by atoms with Gasteiger partial charge in [-0.2, -0.15) is 5.10 Å². The molecule has 0 radical (unpaired) electrons. The van der Waals surface area contributed by atoms with Gasteiger partial charge in [-0.05, 0) is 31.2 Å². The first-order valence-electron chi connectivity index (χ1n) is 4.63. The number of hydrogen-bond donors (Lipinski definition) is 1. The first kappa shape index (κ1) is 10.7. The van der Waals surface area contributed by atoms with Crippen LogP contribution in [0.3, 0.4) is 0 Å². The third kappa shape index (κ3) is 1.92. The highest BCUT2D eigenvalue weighted by molar-refractivity contribution is 6.30. The van der Waals surface area contributed by atoms with E-state index in [9.17, 15) is 4.79 Å². The van der Waals surface area contributed by atoms with E-state index >= 15 is 0 Å². The Kier molecular flexibility index (Phi) is 2.66. The normalized spacial score (nSPS) is 10.4. The number of aromatic carboxylic acids is 1. The monoisotopic (exact) mass is 236 g/mol. The molecule has 2 rings (SSSR count). The molecule has 0 unspecified atom stereocenters. The Labute approximate surface area is 97.1 Å². The smallest absolute Gasteiger partial charge is 0.337 e. The van der Waals surface area contributed by atoms with Crippen LogP contribution in [0, 0.1) is 6.92 Å². The largest absolute Gasteiger partial charge is 0.478 e. The van der Waals surface area contributed by atoms with E-state index < -0.39 is 5.97 Å². The minimum atomic E-state index is -1.00. The second kappa shape index (κ2) is 3.98. The van der Waals surface area contributed by atoms with Crippen LogP contribution in [0.25, 0.3) is 5.69 Å². The van der Waals surface area contributed by atoms with E-state index in [0.717, 1.165) is 5.69 Å². The summed E-state index contributed by atoms with van der Waals surface area (Å²) in [4.78, 5) is 11.0. The van der Waals surface area contributed by atoms with Gasteiger partial charge in [0, 0.05) is 11.2 Å². The molecule has 2 aromatic rings. The third-order valence-electron chi connectivity index (χ3n) is 2.16. The number of halogens is 1. The predicted molar refractivity (Wildman–Crippen MR) is 60.3 cm³/mol. The van der Waals surface area contributed by atoms with Crippen molar-refractivity contribution in [3.05, 3.63) is 46.7 Å². The second-order valence-electron chi connectivity index (χ2n) is 3.37. The Hall–Kier alpha value is -1.81. The molecule has 0 atom stereocenters. The lowest BCUT2D eigenvalue weighted by molar-refractivity contribution is 0.0696. The zero-order chi connectivity index (χ0) is 11.7. The van der Waals surface area contributed by atoms with Crippen LogP contribution in [-0.2, 0) is 0 Å². The molecular weight excluding hydrogens is 228 g/mol. The molecule has 0 saturated heterocycles. The van der Waals surface area contributed by atoms with E-state index in [1.807, 2.05) is 6.92 Å². The Morgan fingerprint density at radius 1 is 1.44 bits per heavy atom. The van der Waals surface area contributed by atoms with Crippen LogP contribution in [0.15, 0.2) is 30.5 Å². The summed E-state index contributed by atoms with van der Waals surface area (Å²) >= 11 is 5.84. The standard InChI is InChI=1S/C11H9ClN2O2/c1-7-4-5-14(13-7)10-6-8(12)2-3-9(10)11(15)16/h2-6H,1H3,(H,15,16). The fraction of sp³-hybridized carbons (Fsp3) is 0.0909. The number of carbonyl (C=O) groups is 1. The van der Waals surface area contributed by atoms with Gasteiger partial charge in [0.25, 0.3) is 0 Å². The number of rotatable bonds is 2. The van der Waals surface area contributed by atoms with Crippen molar-refractivity contribution in [3.63, 3.8) is 0 Å². The fourth-order valence-corrected chi connectivity index (χ4v) is 1.59. The van der Waals surface area contributed by atoms with E-state index in [-0.39, 0.29) is 5.56 Å². The van der Waals surface area contributed by atoms with Crippen molar-refractivity contribution in [2.24, 2.45) is 0 Å². The number of aromatic nitrogens is 2. The summed E-state index contributed by atoms with van der Waals surface area (Å²) in [7, 11) is 0. The van der Waals surface area contributed by atoms with E-state index in [0.29, 0.717) is 10.7 Å². The molecule has 4 nitrogen and oxygen atoms in total. The molecule has 0 aliphatic carbocycles. The van der Waals surface area contributed by atoms with Gasteiger partial charge in [-0.25, -0.2) is 9.48 Å². The SMILES string of the molecule is Cc1ccn(-c2cc(Cl)ccc2C(=O)O)n1. The van der Waals surface area contributed by atoms with Crippen molar-refractivity contribution >= 4 is 17.6 Å². The van der Waals surface area contributed by atoms with Gasteiger partial charge in [0.05, 0.1) is 16.9 Å². The highest BCUT2D eigenvalue weighted by Gasteiger charge is 2.12. The molecule has 1 aromatic heterocycles. The second-order valence-corrected chi connectivity index (χ2v) is 3.80. The van der Waals surface area contributed by atoms with Crippen LogP contribution in [0.1, 0.15) is 16.1 Å². The van der Waals surface area contributed by atoms with Crippen molar-refractivity contribution in [2.45, 2.75) is 6.92 Å². The Balaban J connectivity index is 2.62. The van der Waals surface area contributed by atoms with Gasteiger partial charge in [0.15, 0.2) is 0 Å². The number of carboxylic acids is 1. The zero-order valence-electron chi connectivity index (χ0n) is 8.51. The molecule has 16 heavy (non-hydrogen) atoms. The Morgan fingerprint density at radius 2 is 2.19 bits per heavy atom. The lowest BCUT2D eigenvalue weighted by Crippen LogP contribution is -2.05. The molecule has 0 spiro atoms. The molecule has 0 bridgehead atoms. The fourth-order valence-electron chi connectivity index (χ4n) is 1.42. The minimum absolute atomic E-state index is 0.174. The molecule has 0 fully saturated rings. The maximum Gasteiger partial charge on any atom is 0.337 e. The highest BCUT2D eigenvalue weighted by atomic mass is 35.5. The summed E-state index contributed by atoms with van der Waals surface area (Å²) in [6, 6.07) is 6.39. The van der Waals surface area contributed by atoms with Crippen molar-refractivity contribution in [1.82, 2.24) is 9.78 Å². The van der Waals surface area contributed by atoms with Crippen LogP contribution in [0.2, 0.25) is 5.02 Å². The Morgan fingerprint density at radius 3 is 2.75 bits per heavy atom. The van der Waals surface area contributed by atoms with E-state index in [4.69, 9.17) is 16.7 Å². The molecule has 0 aliphatic rings. The van der Waals surface area contributed by atoms with Gasteiger partial charge < -0.3 is 5.11 Å². The number of aryl methyl sites for hydroxylation is 1. The van der Waals surface area contributed by atoms with Crippen molar-refractivity contribution in [3.8, 4) is 5.69 Å². The quantitative estimate of drug-likeness (QED) is 0.872. The van der Waals surface area contributed by atoms with E-state index in [1.54, 1.807) is 24.4 Å². The summed E-state index contributed by atoms with van der Waals surface area (Å²) in [5.41, 5.74) is 1.46. The molecule has 1 N–H and O–H groups in total.